The third kappa shape index (κ3) is 6.56. The van der Waals surface area contributed by atoms with Crippen LogP contribution in [0.5, 0.6) is 0 Å². The van der Waals surface area contributed by atoms with Crippen molar-refractivity contribution in [2.75, 3.05) is 13.1 Å². The lowest BCUT2D eigenvalue weighted by atomic mass is 10.2. The number of ether oxygens (including phenoxy) is 1. The van der Waals surface area contributed by atoms with Crippen LogP contribution in [-0.4, -0.2) is 34.6 Å². The minimum atomic E-state index is -0.444. The van der Waals surface area contributed by atoms with Crippen LogP contribution in [0, 0.1) is 6.92 Å². The van der Waals surface area contributed by atoms with Crippen LogP contribution in [0.2, 0.25) is 0 Å². The van der Waals surface area contributed by atoms with Crippen molar-refractivity contribution in [1.29, 1.82) is 0 Å². The number of nitrogens with zero attached hydrogens (tertiary/aromatic N) is 2. The van der Waals surface area contributed by atoms with Gasteiger partial charge in [-0.05, 0) is 40.7 Å². The highest BCUT2D eigenvalue weighted by atomic mass is 16.6. The molecule has 0 atom stereocenters. The van der Waals surface area contributed by atoms with Crippen molar-refractivity contribution < 1.29 is 9.53 Å². The van der Waals surface area contributed by atoms with Crippen LogP contribution in [-0.2, 0) is 18.3 Å². The molecule has 0 saturated heterocycles. The zero-order valence-electron chi connectivity index (χ0n) is 13.1. The molecule has 0 fully saturated rings. The zero-order valence-corrected chi connectivity index (χ0v) is 13.1. The highest BCUT2D eigenvalue weighted by molar-refractivity contribution is 5.67. The number of aromatic nitrogens is 2. The number of rotatable bonds is 6. The number of amides is 1. The summed E-state index contributed by atoms with van der Waals surface area (Å²) in [5.41, 5.74) is 1.81. The molecule has 1 heterocycles. The van der Waals surface area contributed by atoms with Gasteiger partial charge in [0.25, 0.3) is 0 Å². The molecule has 1 aromatic heterocycles. The fourth-order valence-electron chi connectivity index (χ4n) is 1.76. The van der Waals surface area contributed by atoms with Gasteiger partial charge >= 0.3 is 6.09 Å². The smallest absolute Gasteiger partial charge is 0.407 e. The zero-order chi connectivity index (χ0) is 15.2. The van der Waals surface area contributed by atoms with Crippen LogP contribution >= 0.6 is 0 Å². The maximum absolute atomic E-state index is 11.4. The second-order valence-corrected chi connectivity index (χ2v) is 5.87. The Morgan fingerprint density at radius 2 is 2.10 bits per heavy atom. The number of carbonyl (C=O) groups is 1. The Kier molecular flexibility index (Phi) is 6.01. The number of alkyl carbamates (subject to hydrolysis) is 1. The van der Waals surface area contributed by atoms with E-state index in [-0.39, 0.29) is 6.09 Å². The van der Waals surface area contributed by atoms with E-state index in [1.807, 2.05) is 45.6 Å². The Morgan fingerprint density at radius 3 is 2.65 bits per heavy atom. The van der Waals surface area contributed by atoms with Gasteiger partial charge in [-0.3, -0.25) is 4.68 Å². The van der Waals surface area contributed by atoms with Crippen molar-refractivity contribution in [3.8, 4) is 0 Å². The molecule has 0 aromatic carbocycles. The first kappa shape index (κ1) is 16.5. The number of hydrogen-bond donors (Lipinski definition) is 2. The lowest BCUT2D eigenvalue weighted by Gasteiger charge is -2.19. The lowest BCUT2D eigenvalue weighted by molar-refractivity contribution is 0.0527. The van der Waals surface area contributed by atoms with E-state index in [0.717, 1.165) is 25.2 Å². The maximum Gasteiger partial charge on any atom is 0.407 e. The maximum atomic E-state index is 11.4. The molecule has 0 saturated carbocycles. The van der Waals surface area contributed by atoms with Gasteiger partial charge in [-0.25, -0.2) is 4.79 Å². The number of nitrogens with one attached hydrogen (secondary N) is 2. The molecule has 1 rings (SSSR count). The molecule has 0 radical (unpaired) electrons. The predicted molar refractivity (Wildman–Crippen MR) is 78.5 cm³/mol. The van der Waals surface area contributed by atoms with E-state index in [2.05, 4.69) is 15.7 Å². The summed E-state index contributed by atoms with van der Waals surface area (Å²) < 4.78 is 6.97. The predicted octanol–water partition coefficient (Wildman–Crippen LogP) is 1.73. The van der Waals surface area contributed by atoms with Gasteiger partial charge in [-0.2, -0.15) is 5.10 Å². The van der Waals surface area contributed by atoms with Gasteiger partial charge in [0.05, 0.1) is 5.69 Å². The summed E-state index contributed by atoms with van der Waals surface area (Å²) in [5, 5.41) is 10.4. The van der Waals surface area contributed by atoms with Crippen molar-refractivity contribution in [1.82, 2.24) is 20.4 Å². The first-order chi connectivity index (χ1) is 9.28. The van der Waals surface area contributed by atoms with Crippen molar-refractivity contribution in [2.45, 2.75) is 46.3 Å². The topological polar surface area (TPSA) is 68.2 Å². The molecule has 0 bridgehead atoms. The SMILES string of the molecule is Cc1nn(C)cc1CNCCCNC(=O)OC(C)(C)C. The van der Waals surface area contributed by atoms with E-state index in [4.69, 9.17) is 4.74 Å². The average molecular weight is 282 g/mol. The minimum absolute atomic E-state index is 0.361. The standard InChI is InChI=1S/C14H26N4O2/c1-11-12(10-18(5)17-11)9-15-7-6-8-16-13(19)20-14(2,3)4/h10,15H,6-9H2,1-5H3,(H,16,19). The largest absolute Gasteiger partial charge is 0.444 e. The molecule has 1 aromatic rings. The van der Waals surface area contributed by atoms with E-state index in [1.165, 1.54) is 5.56 Å². The molecule has 20 heavy (non-hydrogen) atoms. The van der Waals surface area contributed by atoms with Crippen molar-refractivity contribution in [3.05, 3.63) is 17.5 Å². The van der Waals surface area contributed by atoms with E-state index in [0.29, 0.717) is 6.54 Å². The first-order valence-corrected chi connectivity index (χ1v) is 6.94. The second kappa shape index (κ2) is 7.28. The van der Waals surface area contributed by atoms with Crippen LogP contribution < -0.4 is 10.6 Å². The Balaban J connectivity index is 2.08. The van der Waals surface area contributed by atoms with Crippen LogP contribution in [0.4, 0.5) is 4.79 Å². The average Bonchev–Trinajstić information content (AvgIpc) is 2.60. The molecule has 114 valence electrons. The summed E-state index contributed by atoms with van der Waals surface area (Å²) in [6.45, 7) is 9.80. The first-order valence-electron chi connectivity index (χ1n) is 6.94. The van der Waals surface area contributed by atoms with E-state index >= 15 is 0 Å². The molecule has 6 heteroatoms. The number of aryl methyl sites for hydroxylation is 2. The molecule has 0 aliphatic heterocycles. The Bertz CT molecular complexity index is 435. The van der Waals surface area contributed by atoms with Crippen LogP contribution in [0.25, 0.3) is 0 Å². The summed E-state index contributed by atoms with van der Waals surface area (Å²) in [6, 6.07) is 0. The van der Waals surface area contributed by atoms with Gasteiger partial charge < -0.3 is 15.4 Å². The fraction of sp³-hybridized carbons (Fsp3) is 0.714. The molecule has 0 spiro atoms. The lowest BCUT2D eigenvalue weighted by Crippen LogP contribution is -2.33. The highest BCUT2D eigenvalue weighted by Crippen LogP contribution is 2.06. The molecule has 0 aliphatic carbocycles. The minimum Gasteiger partial charge on any atom is -0.444 e. The second-order valence-electron chi connectivity index (χ2n) is 5.87. The summed E-state index contributed by atoms with van der Waals surface area (Å²) in [6.07, 6.45) is 2.51. The van der Waals surface area contributed by atoms with Crippen LogP contribution in [0.3, 0.4) is 0 Å². The third-order valence-corrected chi connectivity index (χ3v) is 2.63. The van der Waals surface area contributed by atoms with Gasteiger partial charge in [-0.15, -0.1) is 0 Å². The Morgan fingerprint density at radius 1 is 1.40 bits per heavy atom. The van der Waals surface area contributed by atoms with Crippen molar-refractivity contribution in [3.63, 3.8) is 0 Å². The van der Waals surface area contributed by atoms with E-state index < -0.39 is 5.60 Å². The summed E-state index contributed by atoms with van der Waals surface area (Å²) in [5.74, 6) is 0. The molecule has 1 amide bonds. The quantitative estimate of drug-likeness (QED) is 0.780. The molecule has 6 nitrogen and oxygen atoms in total. The van der Waals surface area contributed by atoms with Crippen molar-refractivity contribution in [2.24, 2.45) is 7.05 Å². The van der Waals surface area contributed by atoms with E-state index in [1.54, 1.807) is 0 Å². The van der Waals surface area contributed by atoms with Gasteiger partial charge in [0.2, 0.25) is 0 Å². The highest BCUT2D eigenvalue weighted by Gasteiger charge is 2.15. The number of hydrogen-bond acceptors (Lipinski definition) is 4. The van der Waals surface area contributed by atoms with Crippen molar-refractivity contribution >= 4 is 6.09 Å². The molecule has 0 unspecified atom stereocenters. The summed E-state index contributed by atoms with van der Waals surface area (Å²) in [7, 11) is 1.92. The fourth-order valence-corrected chi connectivity index (χ4v) is 1.76. The van der Waals surface area contributed by atoms with Crippen LogP contribution in [0.15, 0.2) is 6.20 Å². The van der Waals surface area contributed by atoms with Crippen LogP contribution in [0.1, 0.15) is 38.4 Å². The molecular weight excluding hydrogens is 256 g/mol. The summed E-state index contributed by atoms with van der Waals surface area (Å²) >= 11 is 0. The normalized spacial score (nSPS) is 11.4. The third-order valence-electron chi connectivity index (χ3n) is 2.63. The summed E-state index contributed by atoms with van der Waals surface area (Å²) in [4.78, 5) is 11.4. The van der Waals surface area contributed by atoms with Gasteiger partial charge in [0.15, 0.2) is 0 Å². The Labute approximate surface area is 120 Å². The van der Waals surface area contributed by atoms with Gasteiger partial charge in [0, 0.05) is 31.9 Å². The monoisotopic (exact) mass is 282 g/mol. The molecular formula is C14H26N4O2. The Hall–Kier alpha value is -1.56. The number of carbonyl (C=O) groups excluding carboxylic acids is 1. The molecule has 2 N–H and O–H groups in total. The van der Waals surface area contributed by atoms with Gasteiger partial charge in [-0.1, -0.05) is 0 Å². The molecule has 0 aliphatic rings. The van der Waals surface area contributed by atoms with Gasteiger partial charge in [0.1, 0.15) is 5.60 Å². The van der Waals surface area contributed by atoms with E-state index in [9.17, 15) is 4.79 Å².